The topological polar surface area (TPSA) is 61.9 Å². The number of rotatable bonds is 4. The first-order valence-electron chi connectivity index (χ1n) is 7.23. The van der Waals surface area contributed by atoms with Crippen LogP contribution in [0.15, 0.2) is 47.1 Å². The van der Waals surface area contributed by atoms with E-state index in [1.54, 1.807) is 48.7 Å². The van der Waals surface area contributed by atoms with Crippen LogP contribution in [0.1, 0.15) is 11.3 Å². The molecule has 0 bridgehead atoms. The van der Waals surface area contributed by atoms with E-state index in [4.69, 9.17) is 50.9 Å². The van der Waals surface area contributed by atoms with Crippen LogP contribution in [0.3, 0.4) is 0 Å². The first-order valence-corrected chi connectivity index (χ1v) is 8.74. The number of hydrogen-bond donors (Lipinski definition) is 1. The van der Waals surface area contributed by atoms with Crippen molar-refractivity contribution in [2.75, 3.05) is 5.32 Å². The zero-order valence-corrected chi connectivity index (χ0v) is 16.0. The maximum absolute atomic E-state index is 9.50. The largest absolute Gasteiger partial charge is 0.361 e. The summed E-state index contributed by atoms with van der Waals surface area (Å²) in [5.41, 5.74) is 1.65. The highest BCUT2D eigenvalue weighted by molar-refractivity contribution is 6.39. The number of aromatic nitrogens is 1. The second kappa shape index (κ2) is 8.03. The highest BCUT2D eigenvalue weighted by atomic mass is 35.5. The fraction of sp³-hybridized carbons (Fsp3) is 0. The number of nitrogens with zero attached hydrogens (tertiary/aromatic N) is 2. The molecule has 1 aromatic heterocycles. The lowest BCUT2D eigenvalue weighted by Crippen LogP contribution is -1.88. The zero-order chi connectivity index (χ0) is 18.7. The molecule has 26 heavy (non-hydrogen) atoms. The van der Waals surface area contributed by atoms with Crippen LogP contribution in [0.5, 0.6) is 0 Å². The average molecular weight is 425 g/mol. The fourth-order valence-corrected chi connectivity index (χ4v) is 3.37. The lowest BCUT2D eigenvalue weighted by molar-refractivity contribution is 0.415. The second-order valence-electron chi connectivity index (χ2n) is 5.11. The van der Waals surface area contributed by atoms with Crippen molar-refractivity contribution >= 4 is 58.2 Å². The highest BCUT2D eigenvalue weighted by Crippen LogP contribution is 2.36. The average Bonchev–Trinajstić information content (AvgIpc) is 2.96. The lowest BCUT2D eigenvalue weighted by Gasteiger charge is -2.03. The maximum atomic E-state index is 9.50. The van der Waals surface area contributed by atoms with Crippen LogP contribution in [0.4, 0.5) is 5.69 Å². The summed E-state index contributed by atoms with van der Waals surface area (Å²) in [6.45, 7) is 0. The van der Waals surface area contributed by atoms with E-state index in [9.17, 15) is 5.26 Å². The predicted molar refractivity (Wildman–Crippen MR) is 106 cm³/mol. The van der Waals surface area contributed by atoms with Crippen LogP contribution in [0.2, 0.25) is 20.1 Å². The predicted octanol–water partition coefficient (Wildman–Crippen LogP) is 6.91. The van der Waals surface area contributed by atoms with Gasteiger partial charge in [0.25, 0.3) is 0 Å². The van der Waals surface area contributed by atoms with E-state index in [0.717, 1.165) is 0 Å². The molecule has 0 aliphatic carbocycles. The molecule has 0 saturated heterocycles. The number of benzene rings is 2. The Morgan fingerprint density at radius 3 is 2.31 bits per heavy atom. The minimum Gasteiger partial charge on any atom is -0.361 e. The molecule has 0 amide bonds. The third-order valence-electron chi connectivity index (χ3n) is 3.38. The van der Waals surface area contributed by atoms with Gasteiger partial charge in [0.1, 0.15) is 17.3 Å². The van der Waals surface area contributed by atoms with Gasteiger partial charge >= 0.3 is 0 Å². The van der Waals surface area contributed by atoms with Crippen molar-refractivity contribution in [3.05, 3.63) is 74.0 Å². The quantitative estimate of drug-likeness (QED) is 0.494. The monoisotopic (exact) mass is 423 g/mol. The van der Waals surface area contributed by atoms with Gasteiger partial charge in [0.15, 0.2) is 5.76 Å². The Morgan fingerprint density at radius 1 is 1.04 bits per heavy atom. The van der Waals surface area contributed by atoms with Gasteiger partial charge in [-0.3, -0.25) is 0 Å². The van der Waals surface area contributed by atoms with E-state index >= 15 is 0 Å². The molecule has 3 aromatic rings. The number of nitriles is 1. The number of anilines is 1. The number of halogens is 4. The first-order chi connectivity index (χ1) is 12.5. The summed E-state index contributed by atoms with van der Waals surface area (Å²) >= 11 is 24.3. The van der Waals surface area contributed by atoms with Gasteiger partial charge in [-0.1, -0.05) is 57.6 Å². The third kappa shape index (κ3) is 3.98. The van der Waals surface area contributed by atoms with Crippen LogP contribution >= 0.6 is 46.4 Å². The Bertz CT molecular complexity index is 997. The highest BCUT2D eigenvalue weighted by Gasteiger charge is 2.20. The van der Waals surface area contributed by atoms with Crippen molar-refractivity contribution in [2.45, 2.75) is 0 Å². The molecule has 1 heterocycles. The van der Waals surface area contributed by atoms with E-state index < -0.39 is 0 Å². The molecule has 0 unspecified atom stereocenters. The van der Waals surface area contributed by atoms with Gasteiger partial charge in [-0.2, -0.15) is 5.26 Å². The fourth-order valence-electron chi connectivity index (χ4n) is 2.27. The molecule has 2 aromatic carbocycles. The molecule has 0 atom stereocenters. The van der Waals surface area contributed by atoms with Gasteiger partial charge in [-0.05, 0) is 30.3 Å². The summed E-state index contributed by atoms with van der Waals surface area (Å²) in [6, 6.07) is 12.1. The molecule has 3 rings (SSSR count). The Morgan fingerprint density at radius 2 is 1.69 bits per heavy atom. The van der Waals surface area contributed by atoms with Gasteiger partial charge in [-0.25, -0.2) is 0 Å². The van der Waals surface area contributed by atoms with E-state index in [1.807, 2.05) is 0 Å². The molecule has 0 radical (unpaired) electrons. The number of hydrogen-bond acceptors (Lipinski definition) is 4. The SMILES string of the molecule is N#Cc1c(-c2c(Cl)cccc2Cl)noc1C=CNc1cc(Cl)cc(Cl)c1. The van der Waals surface area contributed by atoms with Crippen molar-refractivity contribution in [2.24, 2.45) is 0 Å². The van der Waals surface area contributed by atoms with Crippen molar-refractivity contribution in [1.82, 2.24) is 5.16 Å². The van der Waals surface area contributed by atoms with E-state index in [-0.39, 0.29) is 17.0 Å². The molecule has 0 saturated carbocycles. The van der Waals surface area contributed by atoms with Crippen LogP contribution in [-0.4, -0.2) is 5.16 Å². The molecule has 0 aliphatic heterocycles. The Kier molecular flexibility index (Phi) is 5.75. The van der Waals surface area contributed by atoms with Crippen LogP contribution in [0, 0.1) is 11.3 Å². The van der Waals surface area contributed by atoms with E-state index in [2.05, 4.69) is 16.5 Å². The smallest absolute Gasteiger partial charge is 0.179 e. The van der Waals surface area contributed by atoms with Crippen molar-refractivity contribution in [3.63, 3.8) is 0 Å². The Labute approximate surface area is 169 Å². The van der Waals surface area contributed by atoms with Crippen LogP contribution in [-0.2, 0) is 0 Å². The lowest BCUT2D eigenvalue weighted by atomic mass is 10.1. The van der Waals surface area contributed by atoms with Crippen molar-refractivity contribution in [3.8, 4) is 17.3 Å². The maximum Gasteiger partial charge on any atom is 0.179 e. The zero-order valence-electron chi connectivity index (χ0n) is 12.9. The summed E-state index contributed by atoms with van der Waals surface area (Å²) in [5, 5.41) is 18.2. The van der Waals surface area contributed by atoms with E-state index in [1.165, 1.54) is 0 Å². The Hall–Kier alpha value is -2.16. The van der Waals surface area contributed by atoms with Gasteiger partial charge in [0.2, 0.25) is 0 Å². The molecular formula is C18H9Cl4N3O. The minimum absolute atomic E-state index is 0.224. The summed E-state index contributed by atoms with van der Waals surface area (Å²) in [5.74, 6) is 0.263. The molecule has 1 N–H and O–H groups in total. The summed E-state index contributed by atoms with van der Waals surface area (Å²) in [6.07, 6.45) is 3.15. The molecule has 4 nitrogen and oxygen atoms in total. The third-order valence-corrected chi connectivity index (χ3v) is 4.44. The molecule has 8 heteroatoms. The minimum atomic E-state index is 0.224. The standard InChI is InChI=1S/C18H9Cl4N3O/c19-10-6-11(20)8-12(7-10)24-5-4-16-13(9-23)18(25-26-16)17-14(21)2-1-3-15(17)22/h1-8,24H. The van der Waals surface area contributed by atoms with Crippen molar-refractivity contribution in [1.29, 1.82) is 5.26 Å². The van der Waals surface area contributed by atoms with Gasteiger partial charge in [0, 0.05) is 33.6 Å². The normalized spacial score (nSPS) is 10.9. The molecule has 0 spiro atoms. The Balaban J connectivity index is 1.90. The van der Waals surface area contributed by atoms with Gasteiger partial charge in [0.05, 0.1) is 10.0 Å². The van der Waals surface area contributed by atoms with Crippen LogP contribution < -0.4 is 5.32 Å². The molecular weight excluding hydrogens is 416 g/mol. The molecule has 130 valence electrons. The summed E-state index contributed by atoms with van der Waals surface area (Å²) in [4.78, 5) is 0. The second-order valence-corrected chi connectivity index (χ2v) is 6.80. The summed E-state index contributed by atoms with van der Waals surface area (Å²) < 4.78 is 5.27. The van der Waals surface area contributed by atoms with Gasteiger partial charge in [-0.15, -0.1) is 0 Å². The van der Waals surface area contributed by atoms with Crippen molar-refractivity contribution < 1.29 is 4.52 Å². The van der Waals surface area contributed by atoms with Crippen LogP contribution in [0.25, 0.3) is 17.3 Å². The summed E-state index contributed by atoms with van der Waals surface area (Å²) in [7, 11) is 0. The number of nitrogens with one attached hydrogen (secondary N) is 1. The van der Waals surface area contributed by atoms with E-state index in [0.29, 0.717) is 31.3 Å². The van der Waals surface area contributed by atoms with Gasteiger partial charge < -0.3 is 9.84 Å². The molecule has 0 aliphatic rings. The molecule has 0 fully saturated rings. The first kappa shape index (κ1) is 18.6.